The molecular weight excluding hydrogens is 702 g/mol. The van der Waals surface area contributed by atoms with Crippen molar-refractivity contribution in [3.05, 3.63) is 93.0 Å². The summed E-state index contributed by atoms with van der Waals surface area (Å²) in [4.78, 5) is 16.1. The summed E-state index contributed by atoms with van der Waals surface area (Å²) in [6, 6.07) is 14.8. The largest absolute Gasteiger partial charge is 0.502 e. The van der Waals surface area contributed by atoms with Gasteiger partial charge < -0.3 is 9.80 Å². The minimum Gasteiger partial charge on any atom is -0.502 e. The van der Waals surface area contributed by atoms with Gasteiger partial charge in [-0.05, 0) is 63.8 Å². The quantitative estimate of drug-likeness (QED) is 0.0945. The molecule has 1 aliphatic rings. The molecule has 0 bridgehead atoms. The molecule has 244 valence electrons. The maximum Gasteiger partial charge on any atom is 0.0146 e. The molecule has 6 nitrogen and oxygen atoms in total. The van der Waals surface area contributed by atoms with Crippen molar-refractivity contribution in [2.75, 3.05) is 35.4 Å². The Hall–Kier alpha value is -2.12. The third-order valence-corrected chi connectivity index (χ3v) is 11.2. The summed E-state index contributed by atoms with van der Waals surface area (Å²) in [6.07, 6.45) is 4.69. The van der Waals surface area contributed by atoms with Gasteiger partial charge in [-0.1, -0.05) is 35.4 Å². The Labute approximate surface area is 279 Å². The summed E-state index contributed by atoms with van der Waals surface area (Å²) in [6.45, 7) is 21.6. The number of hydrogen-bond acceptors (Lipinski definition) is 6. The van der Waals surface area contributed by atoms with Crippen LogP contribution in [0.5, 0.6) is 5.75 Å². The molecule has 1 fully saturated rings. The second-order valence-corrected chi connectivity index (χ2v) is 20.5. The fourth-order valence-corrected chi connectivity index (χ4v) is 8.44. The number of nitrogens with zero attached hydrogens (tertiary/aromatic N) is 3. The molecule has 44 heavy (non-hydrogen) atoms. The van der Waals surface area contributed by atoms with Gasteiger partial charge in [0.2, 0.25) is 0 Å². The summed E-state index contributed by atoms with van der Waals surface area (Å²) in [5.41, 5.74) is 11.7. The average molecular weight is 749 g/mol. The monoisotopic (exact) mass is 748 g/mol. The molecule has 0 saturated carbocycles. The van der Waals surface area contributed by atoms with E-state index in [1.807, 2.05) is 42.2 Å². The van der Waals surface area contributed by atoms with Crippen LogP contribution in [0, 0.1) is 53.1 Å². The number of aryl methyl sites for hydroxylation is 6. The number of hydrogen-bond donors (Lipinski definition) is 0. The van der Waals surface area contributed by atoms with Crippen molar-refractivity contribution in [3.63, 3.8) is 0 Å². The molecule has 1 atom stereocenters. The van der Waals surface area contributed by atoms with Gasteiger partial charge in [-0.15, -0.1) is 0 Å². The molecule has 1 saturated heterocycles. The minimum absolute atomic E-state index is 0.0996. The SMILES string of the molecule is CCC(C)Oc1ccc(S(C)(C)ON=O)cc1[CH]=[Ru]([Cl])[Cl].Cc1cc(C)c(N2[CH-]N(c3c(C)cc(C)cc3C)CC2)c(C)c1. The number of ether oxygens (including phenoxy) is 1. The van der Waals surface area contributed by atoms with Crippen LogP contribution in [0.15, 0.2) is 52.7 Å². The summed E-state index contributed by atoms with van der Waals surface area (Å²) in [5, 5.41) is 2.56. The summed E-state index contributed by atoms with van der Waals surface area (Å²) < 4.78 is 12.7. The van der Waals surface area contributed by atoms with Gasteiger partial charge in [-0.25, -0.2) is 0 Å². The number of anilines is 2. The first-order valence-corrected chi connectivity index (χ1v) is 22.4. The van der Waals surface area contributed by atoms with E-state index in [0.29, 0.717) is 0 Å². The molecule has 4 rings (SSSR count). The van der Waals surface area contributed by atoms with E-state index in [9.17, 15) is 4.91 Å². The third-order valence-electron chi connectivity index (χ3n) is 7.56. The summed E-state index contributed by atoms with van der Waals surface area (Å²) >= 11 is -1.99. The van der Waals surface area contributed by atoms with Gasteiger partial charge in [0.15, 0.2) is 0 Å². The van der Waals surface area contributed by atoms with E-state index >= 15 is 0 Å². The first-order chi connectivity index (χ1) is 20.7. The van der Waals surface area contributed by atoms with Gasteiger partial charge in [-0.2, -0.15) is 6.67 Å². The van der Waals surface area contributed by atoms with Crippen molar-refractivity contribution in [2.45, 2.75) is 72.8 Å². The Kier molecular flexibility index (Phi) is 13.2. The average Bonchev–Trinajstić information content (AvgIpc) is 3.37. The first kappa shape index (κ1) is 36.4. The van der Waals surface area contributed by atoms with Crippen LogP contribution in [0.4, 0.5) is 11.4 Å². The predicted molar refractivity (Wildman–Crippen MR) is 189 cm³/mol. The number of rotatable bonds is 9. The molecular formula is C34H46Cl2N3O3RuS-. The minimum atomic E-state index is -1.99. The topological polar surface area (TPSA) is 54.4 Å². The van der Waals surface area contributed by atoms with Crippen molar-refractivity contribution < 1.29 is 22.5 Å². The predicted octanol–water partition coefficient (Wildman–Crippen LogP) is 9.96. The molecule has 3 aromatic carbocycles. The molecule has 0 amide bonds. The Morgan fingerprint density at radius 1 is 0.909 bits per heavy atom. The van der Waals surface area contributed by atoms with Crippen LogP contribution >= 0.6 is 29.7 Å². The van der Waals surface area contributed by atoms with Crippen molar-refractivity contribution in [1.29, 1.82) is 0 Å². The van der Waals surface area contributed by atoms with Gasteiger partial charge in [0, 0.05) is 24.5 Å². The smallest absolute Gasteiger partial charge is 0.0146 e. The second kappa shape index (κ2) is 15.9. The van der Waals surface area contributed by atoms with Crippen LogP contribution < -0.4 is 14.5 Å². The molecule has 0 radical (unpaired) electrons. The van der Waals surface area contributed by atoms with Gasteiger partial charge in [0.25, 0.3) is 0 Å². The van der Waals surface area contributed by atoms with Crippen LogP contribution in [0.3, 0.4) is 0 Å². The molecule has 0 spiro atoms. The molecule has 1 aliphatic heterocycles. The van der Waals surface area contributed by atoms with Gasteiger partial charge in [0.05, 0.1) is 0 Å². The maximum absolute atomic E-state index is 10.4. The van der Waals surface area contributed by atoms with Gasteiger partial charge in [0.1, 0.15) is 0 Å². The zero-order valence-corrected chi connectivity index (χ0v) is 31.5. The third kappa shape index (κ3) is 9.45. The molecule has 1 unspecified atom stereocenters. The summed E-state index contributed by atoms with van der Waals surface area (Å²) in [5.74, 6) is 0.738. The van der Waals surface area contributed by atoms with Crippen molar-refractivity contribution >= 4 is 45.7 Å². The molecule has 0 aliphatic carbocycles. The maximum atomic E-state index is 10.4. The zero-order chi connectivity index (χ0) is 32.8. The van der Waals surface area contributed by atoms with Crippen LogP contribution in [-0.4, -0.2) is 36.3 Å². The van der Waals surface area contributed by atoms with Crippen molar-refractivity contribution in [2.24, 2.45) is 5.34 Å². The Balaban J connectivity index is 0.000000242. The zero-order valence-electron chi connectivity index (χ0n) is 27.5. The van der Waals surface area contributed by atoms with E-state index in [4.69, 9.17) is 28.4 Å². The van der Waals surface area contributed by atoms with Crippen LogP contribution in [-0.2, 0) is 17.8 Å². The molecule has 0 aromatic heterocycles. The van der Waals surface area contributed by atoms with E-state index in [0.717, 1.165) is 35.7 Å². The number of benzene rings is 3. The molecule has 0 N–H and O–H groups in total. The fraction of sp³-hybridized carbons (Fsp3) is 0.412. The Bertz CT molecular complexity index is 1400. The Morgan fingerprint density at radius 2 is 1.39 bits per heavy atom. The van der Waals surface area contributed by atoms with Gasteiger partial charge in [-0.3, -0.25) is 0 Å². The van der Waals surface area contributed by atoms with Crippen molar-refractivity contribution in [1.82, 2.24) is 0 Å². The number of halogens is 2. The van der Waals surface area contributed by atoms with Crippen LogP contribution in [0.1, 0.15) is 59.2 Å². The van der Waals surface area contributed by atoms with Crippen LogP contribution in [0.2, 0.25) is 0 Å². The van der Waals surface area contributed by atoms with E-state index in [1.165, 1.54) is 44.8 Å². The van der Waals surface area contributed by atoms with Crippen molar-refractivity contribution in [3.8, 4) is 5.75 Å². The summed E-state index contributed by atoms with van der Waals surface area (Å²) in [7, 11) is 10.2. The molecule has 1 heterocycles. The Morgan fingerprint density at radius 3 is 1.80 bits per heavy atom. The van der Waals surface area contributed by atoms with E-state index in [2.05, 4.69) is 94.5 Å². The van der Waals surface area contributed by atoms with Crippen LogP contribution in [0.25, 0.3) is 0 Å². The van der Waals surface area contributed by atoms with Gasteiger partial charge >= 0.3 is 140 Å². The van der Waals surface area contributed by atoms with E-state index in [1.54, 1.807) is 0 Å². The van der Waals surface area contributed by atoms with E-state index < -0.39 is 23.8 Å². The van der Waals surface area contributed by atoms with E-state index in [-0.39, 0.29) is 6.10 Å². The molecule has 3 aromatic rings. The normalized spacial score (nSPS) is 14.4. The first-order valence-electron chi connectivity index (χ1n) is 14.6. The second-order valence-electron chi connectivity index (χ2n) is 11.7. The standard InChI is InChI=1S/C21H27N2.C13H19NO3S.2ClH.Ru/c1-14-9-16(3)20(17(4)10-14)22-7-8-23(13-22)21-18(5)11-15(2)12-19(21)6;1-6-11(3)16-13-8-7-12(9-10(13)2)18(4,5)17-14-15;;;/h9-13H,7-8H2,1-6H3;2,7-9,11H,6H2,1,3-5H3;2*1H;/q-1;;;;+2/p-2. The fourth-order valence-electron chi connectivity index (χ4n) is 5.61. The molecule has 10 heteroatoms.